The van der Waals surface area contributed by atoms with E-state index in [9.17, 15) is 0 Å². The standard InChI is InChI=1S/C20H26N4O2/c1-25-18-7-5-15-16(19(18)26-2)4-6-17(15)23-14-8-12-24(13-9-14)20-21-10-3-11-22-20/h3,5,7,10-11,14,17,23H,4,6,8-9,12-13H2,1-2H3/t17-/m0/s1. The Labute approximate surface area is 154 Å². The van der Waals surface area contributed by atoms with Crippen molar-refractivity contribution in [3.05, 3.63) is 41.7 Å². The first kappa shape index (κ1) is 17.1. The van der Waals surface area contributed by atoms with E-state index in [1.54, 1.807) is 14.2 Å². The summed E-state index contributed by atoms with van der Waals surface area (Å²) in [5.74, 6) is 2.56. The van der Waals surface area contributed by atoms with Crippen LogP contribution in [0, 0.1) is 0 Å². The fourth-order valence-electron chi connectivity index (χ4n) is 4.19. The molecular formula is C20H26N4O2. The first-order chi connectivity index (χ1) is 12.8. The summed E-state index contributed by atoms with van der Waals surface area (Å²) < 4.78 is 11.0. The summed E-state index contributed by atoms with van der Waals surface area (Å²) >= 11 is 0. The molecule has 1 aliphatic heterocycles. The highest BCUT2D eigenvalue weighted by Gasteiger charge is 2.30. The molecule has 2 aliphatic rings. The summed E-state index contributed by atoms with van der Waals surface area (Å²) in [6.45, 7) is 1.99. The molecule has 6 heteroatoms. The van der Waals surface area contributed by atoms with Crippen LogP contribution in [0.3, 0.4) is 0 Å². The van der Waals surface area contributed by atoms with E-state index < -0.39 is 0 Å². The van der Waals surface area contributed by atoms with Crippen molar-refractivity contribution in [1.82, 2.24) is 15.3 Å². The zero-order valence-electron chi connectivity index (χ0n) is 15.4. The summed E-state index contributed by atoms with van der Waals surface area (Å²) in [7, 11) is 3.42. The van der Waals surface area contributed by atoms with Crippen LogP contribution in [0.15, 0.2) is 30.6 Å². The van der Waals surface area contributed by atoms with Crippen molar-refractivity contribution in [2.75, 3.05) is 32.2 Å². The Bertz CT molecular complexity index is 745. The molecule has 1 fully saturated rings. The molecule has 0 saturated carbocycles. The summed E-state index contributed by atoms with van der Waals surface area (Å²) in [5, 5.41) is 3.87. The lowest BCUT2D eigenvalue weighted by molar-refractivity contribution is 0.352. The minimum Gasteiger partial charge on any atom is -0.493 e. The van der Waals surface area contributed by atoms with E-state index in [1.165, 1.54) is 11.1 Å². The fraction of sp³-hybridized carbons (Fsp3) is 0.500. The molecule has 26 heavy (non-hydrogen) atoms. The van der Waals surface area contributed by atoms with Gasteiger partial charge in [-0.05, 0) is 43.4 Å². The normalized spacial score (nSPS) is 20.1. The van der Waals surface area contributed by atoms with Crippen molar-refractivity contribution in [3.8, 4) is 11.5 Å². The predicted molar refractivity (Wildman–Crippen MR) is 101 cm³/mol. The number of hydrogen-bond acceptors (Lipinski definition) is 6. The van der Waals surface area contributed by atoms with E-state index >= 15 is 0 Å². The predicted octanol–water partition coefficient (Wildman–Crippen LogP) is 2.74. The van der Waals surface area contributed by atoms with Crippen LogP contribution >= 0.6 is 0 Å². The van der Waals surface area contributed by atoms with Crippen molar-refractivity contribution in [2.45, 2.75) is 37.8 Å². The molecule has 0 bridgehead atoms. The first-order valence-electron chi connectivity index (χ1n) is 9.32. The van der Waals surface area contributed by atoms with Crippen molar-refractivity contribution < 1.29 is 9.47 Å². The molecule has 0 spiro atoms. The summed E-state index contributed by atoms with van der Waals surface area (Å²) in [4.78, 5) is 11.0. The second kappa shape index (κ2) is 7.50. The molecule has 6 nitrogen and oxygen atoms in total. The largest absolute Gasteiger partial charge is 0.493 e. The number of methoxy groups -OCH3 is 2. The van der Waals surface area contributed by atoms with Gasteiger partial charge in [0, 0.05) is 43.1 Å². The van der Waals surface area contributed by atoms with Crippen molar-refractivity contribution >= 4 is 5.95 Å². The monoisotopic (exact) mass is 354 g/mol. The van der Waals surface area contributed by atoms with E-state index in [0.717, 1.165) is 56.2 Å². The highest BCUT2D eigenvalue weighted by molar-refractivity contribution is 5.53. The lowest BCUT2D eigenvalue weighted by Gasteiger charge is -2.34. The maximum Gasteiger partial charge on any atom is 0.225 e. The van der Waals surface area contributed by atoms with Gasteiger partial charge in [-0.3, -0.25) is 0 Å². The van der Waals surface area contributed by atoms with Crippen LogP contribution in [0.2, 0.25) is 0 Å². The quantitative estimate of drug-likeness (QED) is 0.891. The number of nitrogens with one attached hydrogen (secondary N) is 1. The molecule has 1 atom stereocenters. The van der Waals surface area contributed by atoms with Gasteiger partial charge in [-0.25, -0.2) is 9.97 Å². The van der Waals surface area contributed by atoms with Gasteiger partial charge in [0.1, 0.15) is 0 Å². The number of piperidine rings is 1. The third kappa shape index (κ3) is 3.21. The number of hydrogen-bond donors (Lipinski definition) is 1. The molecule has 1 N–H and O–H groups in total. The molecule has 2 heterocycles. The second-order valence-corrected chi connectivity index (χ2v) is 6.94. The van der Waals surface area contributed by atoms with Gasteiger partial charge in [-0.15, -0.1) is 0 Å². The van der Waals surface area contributed by atoms with E-state index in [2.05, 4.69) is 26.3 Å². The lowest BCUT2D eigenvalue weighted by Crippen LogP contribution is -2.44. The maximum absolute atomic E-state index is 5.61. The topological polar surface area (TPSA) is 59.5 Å². The van der Waals surface area contributed by atoms with Crippen molar-refractivity contribution in [3.63, 3.8) is 0 Å². The molecule has 1 aromatic carbocycles. The van der Waals surface area contributed by atoms with E-state index in [-0.39, 0.29) is 0 Å². The molecule has 0 amide bonds. The molecule has 4 rings (SSSR count). The number of rotatable bonds is 5. The average Bonchev–Trinajstić information content (AvgIpc) is 3.11. The summed E-state index contributed by atoms with van der Waals surface area (Å²) in [5.41, 5.74) is 2.65. The van der Waals surface area contributed by atoms with Crippen LogP contribution in [0.5, 0.6) is 11.5 Å². The van der Waals surface area contributed by atoms with Gasteiger partial charge >= 0.3 is 0 Å². The Hall–Kier alpha value is -2.34. The molecule has 1 aliphatic carbocycles. The second-order valence-electron chi connectivity index (χ2n) is 6.94. The number of benzene rings is 1. The minimum absolute atomic E-state index is 0.398. The Balaban J connectivity index is 1.40. The van der Waals surface area contributed by atoms with Gasteiger partial charge in [-0.2, -0.15) is 0 Å². The van der Waals surface area contributed by atoms with E-state index in [4.69, 9.17) is 9.47 Å². The highest BCUT2D eigenvalue weighted by Crippen LogP contribution is 2.42. The van der Waals surface area contributed by atoms with Crippen LogP contribution < -0.4 is 19.7 Å². The zero-order chi connectivity index (χ0) is 17.9. The molecule has 1 aromatic heterocycles. The Kier molecular flexibility index (Phi) is 4.93. The summed E-state index contributed by atoms with van der Waals surface area (Å²) in [6.07, 6.45) is 7.98. The van der Waals surface area contributed by atoms with Gasteiger partial charge in [0.25, 0.3) is 0 Å². The van der Waals surface area contributed by atoms with Gasteiger partial charge in [0.05, 0.1) is 14.2 Å². The van der Waals surface area contributed by atoms with Crippen LogP contribution in [0.1, 0.15) is 36.4 Å². The van der Waals surface area contributed by atoms with Gasteiger partial charge in [0.15, 0.2) is 11.5 Å². The van der Waals surface area contributed by atoms with Crippen LogP contribution in [0.25, 0.3) is 0 Å². The Morgan fingerprint density at radius 3 is 2.50 bits per heavy atom. The SMILES string of the molecule is COc1ccc2c(c1OC)CC[C@@H]2NC1CCN(c2ncccn2)CC1. The average molecular weight is 354 g/mol. The molecular weight excluding hydrogens is 328 g/mol. The number of ether oxygens (including phenoxy) is 2. The van der Waals surface area contributed by atoms with Gasteiger partial charge < -0.3 is 19.7 Å². The van der Waals surface area contributed by atoms with Crippen LogP contribution in [0.4, 0.5) is 5.95 Å². The first-order valence-corrected chi connectivity index (χ1v) is 9.32. The van der Waals surface area contributed by atoms with Crippen molar-refractivity contribution in [1.29, 1.82) is 0 Å². The van der Waals surface area contributed by atoms with E-state index in [1.807, 2.05) is 24.5 Å². The maximum atomic E-state index is 5.61. The number of nitrogens with zero attached hydrogens (tertiary/aromatic N) is 3. The van der Waals surface area contributed by atoms with Gasteiger partial charge in [0.2, 0.25) is 5.95 Å². The number of aromatic nitrogens is 2. The molecule has 2 aromatic rings. The molecule has 138 valence electrons. The molecule has 0 unspecified atom stereocenters. The fourth-order valence-corrected chi connectivity index (χ4v) is 4.19. The molecule has 0 radical (unpaired) electrons. The number of anilines is 1. The lowest BCUT2D eigenvalue weighted by atomic mass is 10.0. The van der Waals surface area contributed by atoms with Crippen LogP contribution in [-0.4, -0.2) is 43.3 Å². The van der Waals surface area contributed by atoms with Crippen LogP contribution in [-0.2, 0) is 6.42 Å². The van der Waals surface area contributed by atoms with E-state index in [0.29, 0.717) is 12.1 Å². The minimum atomic E-state index is 0.398. The highest BCUT2D eigenvalue weighted by atomic mass is 16.5. The third-order valence-electron chi connectivity index (χ3n) is 5.51. The smallest absolute Gasteiger partial charge is 0.225 e. The Morgan fingerprint density at radius 1 is 1.04 bits per heavy atom. The zero-order valence-corrected chi connectivity index (χ0v) is 15.4. The van der Waals surface area contributed by atoms with Gasteiger partial charge in [-0.1, -0.05) is 6.07 Å². The van der Waals surface area contributed by atoms with Crippen molar-refractivity contribution in [2.24, 2.45) is 0 Å². The number of fused-ring (bicyclic) bond motifs is 1. The Morgan fingerprint density at radius 2 is 1.81 bits per heavy atom. The molecule has 1 saturated heterocycles. The third-order valence-corrected chi connectivity index (χ3v) is 5.51. The summed E-state index contributed by atoms with van der Waals surface area (Å²) in [6, 6.07) is 6.99.